The maximum Gasteiger partial charge on any atom is 0.161 e. The molecule has 0 bridgehead atoms. The molecule has 0 aliphatic heterocycles. The largest absolute Gasteiger partial charge is 0.504 e. The number of phenols is 1. The third kappa shape index (κ3) is 2.20. The van der Waals surface area contributed by atoms with Crippen LogP contribution in [0.2, 0.25) is 0 Å². The van der Waals surface area contributed by atoms with Crippen molar-refractivity contribution in [2.45, 2.75) is 6.61 Å². The first-order valence-corrected chi connectivity index (χ1v) is 6.01. The van der Waals surface area contributed by atoms with E-state index in [9.17, 15) is 5.11 Å². The number of nitrogens with one attached hydrogen (secondary N) is 1. The molecule has 1 aromatic heterocycles. The van der Waals surface area contributed by atoms with Gasteiger partial charge in [-0.1, -0.05) is 18.2 Å². The van der Waals surface area contributed by atoms with E-state index in [-0.39, 0.29) is 5.75 Å². The highest BCUT2D eigenvalue weighted by Gasteiger charge is 2.05. The number of hydrogen-bond acceptors (Lipinski definition) is 3. The van der Waals surface area contributed by atoms with E-state index in [4.69, 9.17) is 10.5 Å². The number of rotatable bonds is 3. The topological polar surface area (TPSA) is 71.3 Å². The summed E-state index contributed by atoms with van der Waals surface area (Å²) < 4.78 is 5.57. The molecule has 0 amide bonds. The van der Waals surface area contributed by atoms with Gasteiger partial charge in [0.15, 0.2) is 11.5 Å². The van der Waals surface area contributed by atoms with Gasteiger partial charge in [-0.05, 0) is 30.3 Å². The third-order valence-corrected chi connectivity index (χ3v) is 3.00. The van der Waals surface area contributed by atoms with Crippen LogP contribution in [-0.2, 0) is 6.61 Å². The molecule has 0 radical (unpaired) electrons. The van der Waals surface area contributed by atoms with Crippen LogP contribution in [0.5, 0.6) is 11.5 Å². The van der Waals surface area contributed by atoms with E-state index in [0.29, 0.717) is 12.4 Å². The second kappa shape index (κ2) is 4.57. The molecule has 0 aliphatic rings. The minimum Gasteiger partial charge on any atom is -0.504 e. The Morgan fingerprint density at radius 1 is 1.11 bits per heavy atom. The third-order valence-electron chi connectivity index (χ3n) is 3.00. The number of nitrogens with two attached hydrogens (primary N) is 1. The number of aromatic hydroxyl groups is 1. The molecule has 0 unspecified atom stereocenters. The van der Waals surface area contributed by atoms with Crippen molar-refractivity contribution in [2.24, 2.45) is 0 Å². The average molecular weight is 254 g/mol. The Balaban J connectivity index is 1.83. The number of para-hydroxylation sites is 2. The SMILES string of the molecule is Nc1cccc2[nH]c(COc3ccccc3O)cc12. The maximum atomic E-state index is 9.62. The Labute approximate surface area is 110 Å². The number of hydrogen-bond donors (Lipinski definition) is 3. The van der Waals surface area contributed by atoms with Crippen LogP contribution in [0.15, 0.2) is 48.5 Å². The van der Waals surface area contributed by atoms with Crippen LogP contribution < -0.4 is 10.5 Å². The second-order valence-corrected chi connectivity index (χ2v) is 4.36. The standard InChI is InChI=1S/C15H14N2O2/c16-12-4-3-5-13-11(12)8-10(17-13)9-19-15-7-2-1-6-14(15)18/h1-8,17-18H,9,16H2. The predicted octanol–water partition coefficient (Wildman–Crippen LogP) is 3.03. The van der Waals surface area contributed by atoms with Crippen LogP contribution in [0.3, 0.4) is 0 Å². The first-order chi connectivity index (χ1) is 9.24. The summed E-state index contributed by atoms with van der Waals surface area (Å²) in [7, 11) is 0. The van der Waals surface area contributed by atoms with Crippen LogP contribution in [-0.4, -0.2) is 10.1 Å². The molecule has 4 nitrogen and oxygen atoms in total. The Bertz CT molecular complexity index is 719. The van der Waals surface area contributed by atoms with Crippen LogP contribution in [0.25, 0.3) is 10.9 Å². The first-order valence-electron chi connectivity index (χ1n) is 6.01. The van der Waals surface area contributed by atoms with Gasteiger partial charge in [-0.25, -0.2) is 0 Å². The average Bonchev–Trinajstić information content (AvgIpc) is 2.82. The van der Waals surface area contributed by atoms with Gasteiger partial charge < -0.3 is 20.6 Å². The van der Waals surface area contributed by atoms with Gasteiger partial charge >= 0.3 is 0 Å². The molecule has 0 saturated heterocycles. The molecular formula is C15H14N2O2. The summed E-state index contributed by atoms with van der Waals surface area (Å²) in [6, 6.07) is 14.6. The fraction of sp³-hybridized carbons (Fsp3) is 0.0667. The van der Waals surface area contributed by atoms with Gasteiger partial charge in [0.1, 0.15) is 6.61 Å². The van der Waals surface area contributed by atoms with E-state index < -0.39 is 0 Å². The molecule has 19 heavy (non-hydrogen) atoms. The summed E-state index contributed by atoms with van der Waals surface area (Å²) in [5.74, 6) is 0.604. The summed E-state index contributed by atoms with van der Waals surface area (Å²) in [4.78, 5) is 3.24. The zero-order valence-electron chi connectivity index (χ0n) is 10.3. The minimum atomic E-state index is 0.137. The zero-order chi connectivity index (χ0) is 13.2. The zero-order valence-corrected chi connectivity index (χ0v) is 10.3. The van der Waals surface area contributed by atoms with Gasteiger partial charge in [-0.2, -0.15) is 0 Å². The fourth-order valence-corrected chi connectivity index (χ4v) is 2.05. The number of nitrogen functional groups attached to an aromatic ring is 1. The van der Waals surface area contributed by atoms with Crippen molar-refractivity contribution in [1.29, 1.82) is 0 Å². The van der Waals surface area contributed by atoms with E-state index in [0.717, 1.165) is 22.3 Å². The summed E-state index contributed by atoms with van der Waals surface area (Å²) in [5.41, 5.74) is 8.53. The molecule has 0 atom stereocenters. The van der Waals surface area contributed by atoms with Gasteiger partial charge in [-0.15, -0.1) is 0 Å². The van der Waals surface area contributed by atoms with E-state index in [2.05, 4.69) is 4.98 Å². The Hall–Kier alpha value is -2.62. The number of benzene rings is 2. The van der Waals surface area contributed by atoms with Crippen LogP contribution in [0.4, 0.5) is 5.69 Å². The summed E-state index contributed by atoms with van der Waals surface area (Å²) >= 11 is 0. The predicted molar refractivity (Wildman–Crippen MR) is 75.1 cm³/mol. The van der Waals surface area contributed by atoms with Crippen LogP contribution >= 0.6 is 0 Å². The second-order valence-electron chi connectivity index (χ2n) is 4.36. The summed E-state index contributed by atoms with van der Waals surface area (Å²) in [6.07, 6.45) is 0. The molecule has 96 valence electrons. The van der Waals surface area contributed by atoms with Crippen LogP contribution in [0, 0.1) is 0 Å². The molecule has 0 spiro atoms. The van der Waals surface area contributed by atoms with Crippen molar-refractivity contribution < 1.29 is 9.84 Å². The Kier molecular flexibility index (Phi) is 2.76. The van der Waals surface area contributed by atoms with Crippen molar-refractivity contribution in [3.8, 4) is 11.5 Å². The normalized spacial score (nSPS) is 10.7. The molecule has 0 aliphatic carbocycles. The highest BCUT2D eigenvalue weighted by atomic mass is 16.5. The number of anilines is 1. The van der Waals surface area contributed by atoms with Gasteiger partial charge in [0.2, 0.25) is 0 Å². The molecule has 0 fully saturated rings. The number of aromatic nitrogens is 1. The van der Waals surface area contributed by atoms with Crippen molar-refractivity contribution >= 4 is 16.6 Å². The lowest BCUT2D eigenvalue weighted by Crippen LogP contribution is -1.95. The molecule has 3 aromatic rings. The summed E-state index contributed by atoms with van der Waals surface area (Å²) in [5, 5.41) is 10.6. The van der Waals surface area contributed by atoms with Gasteiger partial charge in [0.05, 0.1) is 5.69 Å². The van der Waals surface area contributed by atoms with Crippen molar-refractivity contribution in [1.82, 2.24) is 4.98 Å². The minimum absolute atomic E-state index is 0.137. The number of aromatic amines is 1. The van der Waals surface area contributed by atoms with E-state index in [1.54, 1.807) is 18.2 Å². The van der Waals surface area contributed by atoms with E-state index in [1.807, 2.05) is 30.3 Å². The lowest BCUT2D eigenvalue weighted by molar-refractivity contribution is 0.286. The van der Waals surface area contributed by atoms with Gasteiger partial charge in [0.25, 0.3) is 0 Å². The highest BCUT2D eigenvalue weighted by Crippen LogP contribution is 2.26. The maximum absolute atomic E-state index is 9.62. The number of phenolic OH excluding ortho intramolecular Hbond substituents is 1. The molecule has 0 saturated carbocycles. The molecule has 4 N–H and O–H groups in total. The lowest BCUT2D eigenvalue weighted by atomic mass is 10.2. The summed E-state index contributed by atoms with van der Waals surface area (Å²) in [6.45, 7) is 0.353. The molecular weight excluding hydrogens is 240 g/mol. The van der Waals surface area contributed by atoms with Gasteiger partial charge in [-0.3, -0.25) is 0 Å². The van der Waals surface area contributed by atoms with E-state index >= 15 is 0 Å². The van der Waals surface area contributed by atoms with E-state index in [1.165, 1.54) is 0 Å². The highest BCUT2D eigenvalue weighted by molar-refractivity contribution is 5.91. The Morgan fingerprint density at radius 3 is 2.74 bits per heavy atom. The van der Waals surface area contributed by atoms with Crippen LogP contribution in [0.1, 0.15) is 5.69 Å². The number of ether oxygens (including phenoxy) is 1. The number of H-pyrrole nitrogens is 1. The van der Waals surface area contributed by atoms with Crippen molar-refractivity contribution in [3.05, 3.63) is 54.2 Å². The van der Waals surface area contributed by atoms with Gasteiger partial charge in [0, 0.05) is 16.6 Å². The first kappa shape index (κ1) is 11.5. The quantitative estimate of drug-likeness (QED) is 0.629. The molecule has 1 heterocycles. The fourth-order valence-electron chi connectivity index (χ4n) is 2.05. The van der Waals surface area contributed by atoms with Crippen molar-refractivity contribution in [3.63, 3.8) is 0 Å². The lowest BCUT2D eigenvalue weighted by Gasteiger charge is -2.05. The smallest absolute Gasteiger partial charge is 0.161 e. The monoisotopic (exact) mass is 254 g/mol. The molecule has 2 aromatic carbocycles. The van der Waals surface area contributed by atoms with Crippen molar-refractivity contribution in [2.75, 3.05) is 5.73 Å². The molecule has 4 heteroatoms. The molecule has 3 rings (SSSR count). The number of fused-ring (bicyclic) bond motifs is 1. The Morgan fingerprint density at radius 2 is 1.95 bits per heavy atom.